The Morgan fingerprint density at radius 2 is 2.20 bits per heavy atom. The maximum absolute atomic E-state index is 14.1. The third-order valence-corrected chi connectivity index (χ3v) is 6.92. The van der Waals surface area contributed by atoms with Crippen molar-refractivity contribution < 1.29 is 13.9 Å². The summed E-state index contributed by atoms with van der Waals surface area (Å²) in [6, 6.07) is 8.52. The molecule has 2 aromatic heterocycles. The van der Waals surface area contributed by atoms with Crippen LogP contribution < -0.4 is 15.4 Å². The van der Waals surface area contributed by atoms with Gasteiger partial charge in [0.2, 0.25) is 5.91 Å². The molecule has 3 aromatic rings. The minimum atomic E-state index is -0.481. The number of rotatable bonds is 6. The molecule has 1 aliphatic carbocycles. The number of nitrogens with one attached hydrogen (secondary N) is 3. The van der Waals surface area contributed by atoms with Crippen LogP contribution in [0.4, 0.5) is 10.1 Å². The van der Waals surface area contributed by atoms with Gasteiger partial charge < -0.3 is 15.4 Å². The summed E-state index contributed by atoms with van der Waals surface area (Å²) < 4.78 is 19.2. The van der Waals surface area contributed by atoms with Crippen LogP contribution in [0.2, 0.25) is 0 Å². The molecule has 0 bridgehead atoms. The summed E-state index contributed by atoms with van der Waals surface area (Å²) in [5, 5.41) is 14.5. The van der Waals surface area contributed by atoms with E-state index < -0.39 is 10.6 Å². The van der Waals surface area contributed by atoms with Gasteiger partial charge in [-0.15, -0.1) is 11.8 Å². The van der Waals surface area contributed by atoms with Crippen molar-refractivity contribution in [3.05, 3.63) is 36.1 Å². The molecule has 1 saturated carbocycles. The number of halogens is 1. The second-order valence-electron chi connectivity index (χ2n) is 7.71. The zero-order chi connectivity index (χ0) is 20.7. The molecule has 3 N–H and O–H groups in total. The molecule has 1 amide bonds. The smallest absolute Gasteiger partial charge is 0.251 e. The highest BCUT2D eigenvalue weighted by molar-refractivity contribution is 8.00. The molecule has 3 heterocycles. The number of hydrogen-bond acceptors (Lipinski definition) is 6. The van der Waals surface area contributed by atoms with Crippen molar-refractivity contribution in [1.29, 1.82) is 0 Å². The van der Waals surface area contributed by atoms with Crippen LogP contribution in [0.1, 0.15) is 19.3 Å². The van der Waals surface area contributed by atoms with Crippen molar-refractivity contribution in [2.45, 2.75) is 30.1 Å². The molecule has 1 saturated heterocycles. The molecule has 30 heavy (non-hydrogen) atoms. The van der Waals surface area contributed by atoms with Crippen molar-refractivity contribution >= 4 is 34.3 Å². The van der Waals surface area contributed by atoms with Crippen LogP contribution in [0.25, 0.3) is 22.3 Å². The van der Waals surface area contributed by atoms with Gasteiger partial charge in [-0.2, -0.15) is 5.10 Å². The van der Waals surface area contributed by atoms with E-state index in [2.05, 4.69) is 25.8 Å². The number of fused-ring (bicyclic) bond motifs is 1. The Bertz CT molecular complexity index is 1110. The van der Waals surface area contributed by atoms with Gasteiger partial charge in [0.25, 0.3) is 5.88 Å². The number of nitrogens with zero attached hydrogens (tertiary/aromatic N) is 2. The first kappa shape index (κ1) is 19.3. The zero-order valence-corrected chi connectivity index (χ0v) is 17.3. The summed E-state index contributed by atoms with van der Waals surface area (Å²) in [7, 11) is 0. The Hall–Kier alpha value is -2.65. The van der Waals surface area contributed by atoms with Crippen molar-refractivity contribution in [2.24, 2.45) is 0 Å². The molecule has 1 aromatic carbocycles. The highest BCUT2D eigenvalue weighted by Gasteiger charge is 2.40. The molecule has 1 atom stereocenters. The summed E-state index contributed by atoms with van der Waals surface area (Å²) in [6.07, 6.45) is 4.65. The van der Waals surface area contributed by atoms with Crippen LogP contribution >= 0.6 is 11.8 Å². The van der Waals surface area contributed by atoms with Crippen LogP contribution in [-0.2, 0) is 4.79 Å². The van der Waals surface area contributed by atoms with Crippen LogP contribution in [0.15, 0.2) is 30.3 Å². The van der Waals surface area contributed by atoms with Crippen molar-refractivity contribution in [1.82, 2.24) is 20.5 Å². The average molecular weight is 428 g/mol. The number of carbonyl (C=O) groups excluding carboxylic acids is 1. The second-order valence-corrected chi connectivity index (χ2v) is 8.90. The third kappa shape index (κ3) is 3.52. The van der Waals surface area contributed by atoms with Gasteiger partial charge in [0, 0.05) is 17.6 Å². The van der Waals surface area contributed by atoms with E-state index in [9.17, 15) is 9.18 Å². The number of pyridine rings is 1. The summed E-state index contributed by atoms with van der Waals surface area (Å²) >= 11 is 1.57. The number of aromatic nitrogens is 3. The summed E-state index contributed by atoms with van der Waals surface area (Å²) in [5.41, 5.74) is 2.60. The van der Waals surface area contributed by atoms with Gasteiger partial charge in [0.1, 0.15) is 16.5 Å². The molecular weight excluding hydrogens is 405 g/mol. The Morgan fingerprint density at radius 3 is 2.93 bits per heavy atom. The average Bonchev–Trinajstić information content (AvgIpc) is 3.27. The van der Waals surface area contributed by atoms with Gasteiger partial charge in [0.05, 0.1) is 11.2 Å². The lowest BCUT2D eigenvalue weighted by Crippen LogP contribution is -2.41. The van der Waals surface area contributed by atoms with Gasteiger partial charge in [-0.1, -0.05) is 0 Å². The fraction of sp³-hybridized carbons (Fsp3) is 0.381. The Morgan fingerprint density at radius 1 is 1.33 bits per heavy atom. The third-order valence-electron chi connectivity index (χ3n) is 5.60. The highest BCUT2D eigenvalue weighted by atomic mass is 32.2. The largest absolute Gasteiger partial charge is 0.472 e. The number of anilines is 1. The lowest BCUT2D eigenvalue weighted by molar-refractivity contribution is -0.118. The van der Waals surface area contributed by atoms with E-state index in [4.69, 9.17) is 4.74 Å². The van der Waals surface area contributed by atoms with Crippen molar-refractivity contribution in [3.8, 4) is 17.3 Å². The Kier molecular flexibility index (Phi) is 4.86. The van der Waals surface area contributed by atoms with E-state index in [1.165, 1.54) is 6.07 Å². The SMILES string of the molecule is CSC1(C(=O)Nc2ccc3[nH]nc(-c4ccc(F)c(OC5CC5)n4)c3c2)CCNC1. The van der Waals surface area contributed by atoms with Gasteiger partial charge in [-0.3, -0.25) is 9.89 Å². The highest BCUT2D eigenvalue weighted by Crippen LogP contribution is 2.34. The number of aromatic amines is 1. The van der Waals surface area contributed by atoms with E-state index in [0.717, 1.165) is 36.7 Å². The van der Waals surface area contributed by atoms with Crippen LogP contribution in [0.3, 0.4) is 0 Å². The maximum atomic E-state index is 14.1. The number of carbonyl (C=O) groups is 1. The number of thioether (sulfide) groups is 1. The molecule has 1 unspecified atom stereocenters. The van der Waals surface area contributed by atoms with E-state index in [-0.39, 0.29) is 17.9 Å². The summed E-state index contributed by atoms with van der Waals surface area (Å²) in [4.78, 5) is 17.3. The van der Waals surface area contributed by atoms with Crippen molar-refractivity contribution in [3.63, 3.8) is 0 Å². The van der Waals surface area contributed by atoms with E-state index in [1.54, 1.807) is 17.8 Å². The summed E-state index contributed by atoms with van der Waals surface area (Å²) in [5.74, 6) is -0.485. The van der Waals surface area contributed by atoms with Crippen LogP contribution in [0, 0.1) is 5.82 Å². The van der Waals surface area contributed by atoms with Gasteiger partial charge in [0.15, 0.2) is 5.82 Å². The predicted molar refractivity (Wildman–Crippen MR) is 115 cm³/mol. The molecule has 0 radical (unpaired) electrons. The number of H-pyrrole nitrogens is 1. The van der Waals surface area contributed by atoms with Crippen LogP contribution in [0.5, 0.6) is 5.88 Å². The molecule has 2 aliphatic rings. The molecular formula is C21H22FN5O2S. The summed E-state index contributed by atoms with van der Waals surface area (Å²) in [6.45, 7) is 1.49. The minimum absolute atomic E-state index is 0.00579. The quantitative estimate of drug-likeness (QED) is 0.559. The van der Waals surface area contributed by atoms with Gasteiger partial charge in [-0.25, -0.2) is 9.37 Å². The van der Waals surface area contributed by atoms with Crippen LogP contribution in [-0.4, -0.2) is 51.3 Å². The minimum Gasteiger partial charge on any atom is -0.472 e. The maximum Gasteiger partial charge on any atom is 0.251 e. The molecule has 7 nitrogen and oxygen atoms in total. The first-order valence-corrected chi connectivity index (χ1v) is 11.2. The first-order valence-electron chi connectivity index (χ1n) is 9.97. The van der Waals surface area contributed by atoms with Gasteiger partial charge >= 0.3 is 0 Å². The second kappa shape index (κ2) is 7.55. The van der Waals surface area contributed by atoms with Gasteiger partial charge in [-0.05, 0) is 62.4 Å². The Labute approximate surface area is 177 Å². The molecule has 1 aliphatic heterocycles. The predicted octanol–water partition coefficient (Wildman–Crippen LogP) is 3.34. The van der Waals surface area contributed by atoms with Crippen molar-refractivity contribution in [2.75, 3.05) is 24.7 Å². The number of hydrogen-bond donors (Lipinski definition) is 3. The topological polar surface area (TPSA) is 91.9 Å². The van der Waals surface area contributed by atoms with E-state index in [1.807, 2.05) is 24.5 Å². The number of ether oxygens (including phenoxy) is 1. The molecule has 2 fully saturated rings. The van der Waals surface area contributed by atoms with E-state index >= 15 is 0 Å². The molecule has 156 valence electrons. The fourth-order valence-corrected chi connectivity index (χ4v) is 4.43. The fourth-order valence-electron chi connectivity index (χ4n) is 3.64. The Balaban J connectivity index is 1.45. The zero-order valence-electron chi connectivity index (χ0n) is 16.5. The lowest BCUT2D eigenvalue weighted by Gasteiger charge is -2.24. The molecule has 5 rings (SSSR count). The molecule has 0 spiro atoms. The standard InChI is InChI=1S/C21H22FN5O2S/c1-30-21(8-9-23-11-21)20(28)24-12-2-6-16-14(10-12)18(27-26-16)17-7-5-15(22)19(25-17)29-13-3-4-13/h2,5-7,10,13,23H,3-4,8-9,11H2,1H3,(H,24,28)(H,26,27). The normalized spacial score (nSPS) is 21.1. The van der Waals surface area contributed by atoms with E-state index in [0.29, 0.717) is 23.6 Å². The number of amides is 1. The first-order chi connectivity index (χ1) is 14.6. The lowest BCUT2D eigenvalue weighted by atomic mass is 10.1. The molecule has 9 heteroatoms. The monoisotopic (exact) mass is 427 g/mol. The number of benzene rings is 1.